The van der Waals surface area contributed by atoms with Crippen LogP contribution in [0.15, 0.2) is 36.6 Å². The fourth-order valence-corrected chi connectivity index (χ4v) is 2.75. The van der Waals surface area contributed by atoms with E-state index >= 15 is 0 Å². The molecule has 1 amide bonds. The highest BCUT2D eigenvalue weighted by atomic mass is 16.2. The lowest BCUT2D eigenvalue weighted by molar-refractivity contribution is -0.129. The van der Waals surface area contributed by atoms with Crippen molar-refractivity contribution in [2.45, 2.75) is 39.5 Å². The predicted octanol–water partition coefficient (Wildman–Crippen LogP) is 3.92. The van der Waals surface area contributed by atoms with E-state index in [0.717, 1.165) is 12.8 Å². The maximum absolute atomic E-state index is 11.9. The Morgan fingerprint density at radius 1 is 1.47 bits per heavy atom. The summed E-state index contributed by atoms with van der Waals surface area (Å²) in [6.45, 7) is 8.90. The number of nitrogens with zero attached hydrogens (tertiary/aromatic N) is 1. The maximum Gasteiger partial charge on any atom is 0.229 e. The lowest BCUT2D eigenvalue weighted by Gasteiger charge is -2.24. The molecule has 2 aliphatic carbocycles. The molecule has 0 saturated heterocycles. The quantitative estimate of drug-likeness (QED) is 0.685. The summed E-state index contributed by atoms with van der Waals surface area (Å²) in [6, 6.07) is 0. The van der Waals surface area contributed by atoms with Crippen LogP contribution in [0.5, 0.6) is 0 Å². The molecule has 2 atom stereocenters. The number of carbonyl (C=O) groups excluding carboxylic acids is 1. The van der Waals surface area contributed by atoms with Crippen molar-refractivity contribution in [2.24, 2.45) is 17.8 Å². The van der Waals surface area contributed by atoms with Crippen LogP contribution >= 0.6 is 0 Å². The van der Waals surface area contributed by atoms with E-state index in [1.54, 1.807) is 11.1 Å². The van der Waals surface area contributed by atoms with Crippen LogP contribution < -0.4 is 0 Å². The Morgan fingerprint density at radius 3 is 2.79 bits per heavy atom. The number of hydrogen-bond donors (Lipinski definition) is 0. The minimum absolute atomic E-state index is 0.243. The summed E-state index contributed by atoms with van der Waals surface area (Å²) in [6.07, 6.45) is 13.0. The summed E-state index contributed by atoms with van der Waals surface area (Å²) in [5.74, 6) is 1.74. The Morgan fingerprint density at radius 2 is 2.21 bits per heavy atom. The molecule has 0 aromatic rings. The Balaban J connectivity index is 1.85. The van der Waals surface area contributed by atoms with Crippen molar-refractivity contribution >= 4 is 5.91 Å². The van der Waals surface area contributed by atoms with E-state index in [4.69, 9.17) is 0 Å². The summed E-state index contributed by atoms with van der Waals surface area (Å²) in [5, 5.41) is 0. The van der Waals surface area contributed by atoms with Gasteiger partial charge >= 0.3 is 0 Å². The second-order valence-electron chi connectivity index (χ2n) is 5.95. The lowest BCUT2D eigenvalue weighted by atomic mass is 9.82. The Bertz CT molecular complexity index is 403. The van der Waals surface area contributed by atoms with Gasteiger partial charge in [-0.1, -0.05) is 37.3 Å². The molecule has 0 spiro atoms. The Kier molecular flexibility index (Phi) is 4.62. The van der Waals surface area contributed by atoms with Crippen LogP contribution in [0.4, 0.5) is 0 Å². The highest BCUT2D eigenvalue weighted by Gasteiger charge is 2.32. The van der Waals surface area contributed by atoms with Gasteiger partial charge in [0.15, 0.2) is 0 Å². The fourth-order valence-electron chi connectivity index (χ4n) is 2.75. The minimum Gasteiger partial charge on any atom is -0.316 e. The minimum atomic E-state index is 0.243. The van der Waals surface area contributed by atoms with Crippen LogP contribution in [-0.4, -0.2) is 17.4 Å². The molecule has 0 bridgehead atoms. The molecular weight excluding hydrogens is 234 g/mol. The summed E-state index contributed by atoms with van der Waals surface area (Å²) < 4.78 is 0. The van der Waals surface area contributed by atoms with Crippen LogP contribution in [0, 0.1) is 17.8 Å². The van der Waals surface area contributed by atoms with Gasteiger partial charge in [-0.2, -0.15) is 0 Å². The number of amides is 1. The molecule has 0 heterocycles. The van der Waals surface area contributed by atoms with Crippen LogP contribution in [0.1, 0.15) is 39.5 Å². The van der Waals surface area contributed by atoms with Crippen LogP contribution in [-0.2, 0) is 4.79 Å². The van der Waals surface area contributed by atoms with Gasteiger partial charge in [0.2, 0.25) is 5.91 Å². The van der Waals surface area contributed by atoms with Gasteiger partial charge in [0.25, 0.3) is 0 Å². The zero-order valence-corrected chi connectivity index (χ0v) is 12.1. The third kappa shape index (κ3) is 3.82. The predicted molar refractivity (Wildman–Crippen MR) is 79.4 cm³/mol. The molecule has 2 nitrogen and oxygen atoms in total. The molecule has 19 heavy (non-hydrogen) atoms. The molecule has 104 valence electrons. The Labute approximate surface area is 116 Å². The molecule has 0 radical (unpaired) electrons. The lowest BCUT2D eigenvalue weighted by Crippen LogP contribution is -2.27. The van der Waals surface area contributed by atoms with E-state index in [2.05, 4.69) is 38.7 Å². The summed E-state index contributed by atoms with van der Waals surface area (Å²) in [4.78, 5) is 13.7. The first-order valence-corrected chi connectivity index (χ1v) is 7.38. The van der Waals surface area contributed by atoms with Gasteiger partial charge in [-0.3, -0.25) is 4.79 Å². The summed E-state index contributed by atoms with van der Waals surface area (Å²) >= 11 is 0. The average molecular weight is 259 g/mol. The maximum atomic E-state index is 11.9. The molecule has 0 N–H and O–H groups in total. The van der Waals surface area contributed by atoms with Gasteiger partial charge in [-0.05, 0) is 50.6 Å². The van der Waals surface area contributed by atoms with E-state index in [-0.39, 0.29) is 11.8 Å². The van der Waals surface area contributed by atoms with Crippen LogP contribution in [0.3, 0.4) is 0 Å². The second kappa shape index (κ2) is 6.23. The van der Waals surface area contributed by atoms with Gasteiger partial charge in [0.05, 0.1) is 0 Å². The summed E-state index contributed by atoms with van der Waals surface area (Å²) in [5.41, 5.74) is 1.51. The zero-order chi connectivity index (χ0) is 13.8. The average Bonchev–Trinajstić information content (AvgIpc) is 3.20. The van der Waals surface area contributed by atoms with Crippen molar-refractivity contribution in [1.29, 1.82) is 0 Å². The van der Waals surface area contributed by atoms with E-state index < -0.39 is 0 Å². The van der Waals surface area contributed by atoms with E-state index in [0.29, 0.717) is 18.4 Å². The molecule has 2 rings (SSSR count). The van der Waals surface area contributed by atoms with Crippen LogP contribution in [0.2, 0.25) is 0 Å². The molecule has 0 aromatic heterocycles. The van der Waals surface area contributed by atoms with Crippen LogP contribution in [0.25, 0.3) is 0 Å². The number of hydrogen-bond acceptors (Lipinski definition) is 1. The smallest absolute Gasteiger partial charge is 0.229 e. The van der Waals surface area contributed by atoms with E-state index in [1.807, 2.05) is 0 Å². The van der Waals surface area contributed by atoms with Gasteiger partial charge in [-0.25, -0.2) is 0 Å². The molecule has 2 heteroatoms. The first-order valence-electron chi connectivity index (χ1n) is 7.38. The molecule has 1 fully saturated rings. The van der Waals surface area contributed by atoms with Crippen molar-refractivity contribution < 1.29 is 4.79 Å². The third-order valence-corrected chi connectivity index (χ3v) is 4.21. The van der Waals surface area contributed by atoms with Gasteiger partial charge in [-0.15, -0.1) is 0 Å². The van der Waals surface area contributed by atoms with Gasteiger partial charge in [0.1, 0.15) is 0 Å². The largest absolute Gasteiger partial charge is 0.316 e. The van der Waals surface area contributed by atoms with Crippen molar-refractivity contribution in [2.75, 3.05) is 6.54 Å². The molecule has 0 aliphatic heterocycles. The van der Waals surface area contributed by atoms with Gasteiger partial charge < -0.3 is 4.90 Å². The molecule has 2 aliphatic rings. The van der Waals surface area contributed by atoms with E-state index in [1.165, 1.54) is 18.4 Å². The fraction of sp³-hybridized carbons (Fsp3) is 0.588. The first-order chi connectivity index (χ1) is 9.11. The van der Waals surface area contributed by atoms with Crippen molar-refractivity contribution in [1.82, 2.24) is 4.90 Å². The SMILES string of the molecule is C=CN(CC=CC1CCC(C)=CC1C)C(=O)C1CC1. The van der Waals surface area contributed by atoms with Crippen molar-refractivity contribution in [3.05, 3.63) is 36.6 Å². The van der Waals surface area contributed by atoms with E-state index in [9.17, 15) is 4.79 Å². The molecule has 1 saturated carbocycles. The highest BCUT2D eigenvalue weighted by molar-refractivity contribution is 5.82. The number of allylic oxidation sites excluding steroid dienone is 3. The molecular formula is C17H25NO. The number of carbonyl (C=O) groups is 1. The molecule has 0 aromatic carbocycles. The monoisotopic (exact) mass is 259 g/mol. The normalized spacial score (nSPS) is 27.2. The third-order valence-electron chi connectivity index (χ3n) is 4.21. The summed E-state index contributed by atoms with van der Waals surface area (Å²) in [7, 11) is 0. The topological polar surface area (TPSA) is 20.3 Å². The van der Waals surface area contributed by atoms with Crippen molar-refractivity contribution in [3.8, 4) is 0 Å². The molecule has 2 unspecified atom stereocenters. The highest BCUT2D eigenvalue weighted by Crippen LogP contribution is 2.31. The van der Waals surface area contributed by atoms with Crippen molar-refractivity contribution in [3.63, 3.8) is 0 Å². The second-order valence-corrected chi connectivity index (χ2v) is 5.95. The van der Waals surface area contributed by atoms with Gasteiger partial charge in [0, 0.05) is 12.5 Å². The first kappa shape index (κ1) is 14.1. The number of rotatable bonds is 5. The Hall–Kier alpha value is -1.31. The standard InChI is InChI=1S/C17H25NO/c1-4-18(17(19)16-9-10-16)11-5-6-15-8-7-13(2)12-14(15)3/h4-6,12,14-16H,1,7-11H2,2-3H3. The zero-order valence-electron chi connectivity index (χ0n) is 12.1.